The summed E-state index contributed by atoms with van der Waals surface area (Å²) in [4.78, 5) is 12.7. The number of hydrogen-bond acceptors (Lipinski definition) is 4. The van der Waals surface area contributed by atoms with Crippen LogP contribution in [0.4, 0.5) is 8.78 Å². The molecule has 1 aromatic carbocycles. The van der Waals surface area contributed by atoms with Crippen LogP contribution in [0.2, 0.25) is 5.02 Å². The first-order valence-electron chi connectivity index (χ1n) is 10.6. The summed E-state index contributed by atoms with van der Waals surface area (Å²) in [6.45, 7) is 4.00. The van der Waals surface area contributed by atoms with Crippen molar-refractivity contribution in [2.45, 2.75) is 39.0 Å². The molecule has 1 N–H and O–H groups in total. The molecule has 0 bridgehead atoms. The number of nitrogens with one attached hydrogen (secondary N) is 1. The van der Waals surface area contributed by atoms with E-state index in [9.17, 15) is 22.0 Å². The molecule has 0 radical (unpaired) electrons. The second kappa shape index (κ2) is 10.1. The van der Waals surface area contributed by atoms with E-state index in [0.717, 1.165) is 31.4 Å². The van der Waals surface area contributed by atoms with E-state index in [1.165, 1.54) is 4.31 Å². The van der Waals surface area contributed by atoms with E-state index in [1.54, 1.807) is 6.92 Å². The molecule has 2 heterocycles. The van der Waals surface area contributed by atoms with Gasteiger partial charge in [0.05, 0.1) is 16.3 Å². The molecule has 174 valence electrons. The van der Waals surface area contributed by atoms with Gasteiger partial charge in [-0.25, -0.2) is 21.5 Å². The largest absolute Gasteiger partial charge is 0.381 e. The van der Waals surface area contributed by atoms with Gasteiger partial charge in [0.2, 0.25) is 10.0 Å². The Bertz CT molecular complexity index is 899. The Morgan fingerprint density at radius 1 is 1.23 bits per heavy atom. The van der Waals surface area contributed by atoms with Crippen LogP contribution >= 0.6 is 11.6 Å². The maximum absolute atomic E-state index is 14.1. The predicted molar refractivity (Wildman–Crippen MR) is 115 cm³/mol. The molecule has 0 atom stereocenters. The third-order valence-electron chi connectivity index (χ3n) is 6.50. The second-order valence-corrected chi connectivity index (χ2v) is 11.1. The van der Waals surface area contributed by atoms with Gasteiger partial charge < -0.3 is 10.1 Å². The second-order valence-electron chi connectivity index (χ2n) is 8.46. The number of carbonyl (C=O) groups excluding carboxylic acids is 1. The maximum Gasteiger partial charge on any atom is 0.255 e. The molecule has 2 aliphatic rings. The van der Waals surface area contributed by atoms with E-state index >= 15 is 0 Å². The Balaban J connectivity index is 1.75. The minimum Gasteiger partial charge on any atom is -0.381 e. The summed E-state index contributed by atoms with van der Waals surface area (Å²) in [7, 11) is -3.28. The van der Waals surface area contributed by atoms with Crippen molar-refractivity contribution in [2.75, 3.05) is 38.6 Å². The molecule has 2 fully saturated rings. The summed E-state index contributed by atoms with van der Waals surface area (Å²) in [6, 6.07) is 1.76. The van der Waals surface area contributed by atoms with E-state index in [0.29, 0.717) is 45.1 Å². The lowest BCUT2D eigenvalue weighted by molar-refractivity contribution is 0.0334. The van der Waals surface area contributed by atoms with Crippen LogP contribution < -0.4 is 5.32 Å². The van der Waals surface area contributed by atoms with Crippen molar-refractivity contribution in [3.05, 3.63) is 34.4 Å². The zero-order chi connectivity index (χ0) is 22.6. The smallest absolute Gasteiger partial charge is 0.255 e. The van der Waals surface area contributed by atoms with Gasteiger partial charge in [0, 0.05) is 32.8 Å². The summed E-state index contributed by atoms with van der Waals surface area (Å²) >= 11 is 5.83. The molecule has 0 unspecified atom stereocenters. The number of ether oxygens (including phenoxy) is 1. The molecule has 0 aromatic heterocycles. The quantitative estimate of drug-likeness (QED) is 0.607. The molecule has 2 saturated heterocycles. The molecule has 6 nitrogen and oxygen atoms in total. The summed E-state index contributed by atoms with van der Waals surface area (Å²) in [5.41, 5.74) is -0.831. The molecule has 2 aliphatic heterocycles. The van der Waals surface area contributed by atoms with Crippen molar-refractivity contribution in [3.8, 4) is 0 Å². The van der Waals surface area contributed by atoms with Crippen LogP contribution in [-0.4, -0.2) is 57.2 Å². The van der Waals surface area contributed by atoms with E-state index < -0.39 is 38.2 Å². The highest BCUT2D eigenvalue weighted by Crippen LogP contribution is 2.40. The number of amides is 1. The number of halogens is 3. The average molecular weight is 479 g/mol. The van der Waals surface area contributed by atoms with Crippen molar-refractivity contribution in [3.63, 3.8) is 0 Å². The Kier molecular flexibility index (Phi) is 7.94. The molecule has 0 saturated carbocycles. The highest BCUT2D eigenvalue weighted by molar-refractivity contribution is 7.89. The molecule has 1 aromatic rings. The number of rotatable bonds is 7. The van der Waals surface area contributed by atoms with Gasteiger partial charge in [0.1, 0.15) is 11.6 Å². The molecule has 31 heavy (non-hydrogen) atoms. The highest BCUT2D eigenvalue weighted by Gasteiger charge is 2.40. The van der Waals surface area contributed by atoms with Crippen LogP contribution in [0.15, 0.2) is 12.1 Å². The van der Waals surface area contributed by atoms with Gasteiger partial charge in [0.25, 0.3) is 5.91 Å². The van der Waals surface area contributed by atoms with E-state index in [1.807, 2.05) is 0 Å². The third kappa shape index (κ3) is 5.74. The Labute approximate surface area is 187 Å². The van der Waals surface area contributed by atoms with Gasteiger partial charge >= 0.3 is 0 Å². The van der Waals surface area contributed by atoms with Crippen molar-refractivity contribution in [2.24, 2.45) is 11.3 Å². The lowest BCUT2D eigenvalue weighted by Gasteiger charge is -2.44. The maximum atomic E-state index is 14.1. The summed E-state index contributed by atoms with van der Waals surface area (Å²) < 4.78 is 59.3. The first-order chi connectivity index (χ1) is 14.7. The minimum absolute atomic E-state index is 0.0496. The fourth-order valence-electron chi connectivity index (χ4n) is 4.53. The van der Waals surface area contributed by atoms with Crippen molar-refractivity contribution >= 4 is 27.5 Å². The van der Waals surface area contributed by atoms with Crippen LogP contribution in [0.5, 0.6) is 0 Å². The topological polar surface area (TPSA) is 75.7 Å². The number of carbonyl (C=O) groups is 1. The summed E-state index contributed by atoms with van der Waals surface area (Å²) in [5, 5.41) is 2.20. The molecular formula is C21H29ClF2N2O4S. The highest BCUT2D eigenvalue weighted by atomic mass is 35.5. The zero-order valence-electron chi connectivity index (χ0n) is 17.6. The van der Waals surface area contributed by atoms with Gasteiger partial charge in [-0.05, 0) is 62.5 Å². The lowest BCUT2D eigenvalue weighted by Crippen LogP contribution is -2.49. The van der Waals surface area contributed by atoms with Crippen LogP contribution in [0.1, 0.15) is 49.4 Å². The van der Waals surface area contributed by atoms with Crippen LogP contribution in [0.25, 0.3) is 0 Å². The van der Waals surface area contributed by atoms with Crippen molar-refractivity contribution in [1.82, 2.24) is 9.62 Å². The number of hydrogen-bond donors (Lipinski definition) is 1. The van der Waals surface area contributed by atoms with Crippen LogP contribution in [0.3, 0.4) is 0 Å². The minimum atomic E-state index is -3.28. The number of sulfonamides is 1. The SMILES string of the molecule is CCS(=O)(=O)N1CCC(CNC(=O)c2c(F)ccc(F)c2Cl)(CC2CCOCC2)CC1. The average Bonchev–Trinajstić information content (AvgIpc) is 2.76. The summed E-state index contributed by atoms with van der Waals surface area (Å²) in [6.07, 6.45) is 3.82. The predicted octanol–water partition coefficient (Wildman–Crippen LogP) is 3.60. The monoisotopic (exact) mass is 478 g/mol. The Morgan fingerprint density at radius 3 is 2.45 bits per heavy atom. The van der Waals surface area contributed by atoms with Gasteiger partial charge in [0.15, 0.2) is 0 Å². The van der Waals surface area contributed by atoms with Crippen LogP contribution in [0, 0.1) is 23.0 Å². The van der Waals surface area contributed by atoms with Gasteiger partial charge in [-0.3, -0.25) is 4.79 Å². The molecule has 0 aliphatic carbocycles. The standard InChI is InChI=1S/C21H29ClF2N2O4S/c1-2-31(28,29)26-9-7-21(8-10-26,13-15-5-11-30-12-6-15)14-25-20(27)18-16(23)3-4-17(24)19(18)22/h3-4,15H,2,5-14H2,1H3,(H,25,27). The number of nitrogens with zero attached hydrogens (tertiary/aromatic N) is 1. The Morgan fingerprint density at radius 2 is 1.84 bits per heavy atom. The normalized spacial score (nSPS) is 20.5. The van der Waals surface area contributed by atoms with Crippen molar-refractivity contribution in [1.29, 1.82) is 0 Å². The molecule has 0 spiro atoms. The fraction of sp³-hybridized carbons (Fsp3) is 0.667. The first-order valence-corrected chi connectivity index (χ1v) is 12.6. The molecular weight excluding hydrogens is 450 g/mol. The molecule has 1 amide bonds. The van der Waals surface area contributed by atoms with Crippen molar-refractivity contribution < 1.29 is 26.7 Å². The molecule has 10 heteroatoms. The van der Waals surface area contributed by atoms with Gasteiger partial charge in [-0.1, -0.05) is 11.6 Å². The van der Waals surface area contributed by atoms with E-state index in [-0.39, 0.29) is 17.7 Å². The third-order valence-corrected chi connectivity index (χ3v) is 8.75. The van der Waals surface area contributed by atoms with E-state index in [2.05, 4.69) is 5.32 Å². The molecule has 3 rings (SSSR count). The first kappa shape index (κ1) is 24.4. The number of benzene rings is 1. The van der Waals surface area contributed by atoms with E-state index in [4.69, 9.17) is 16.3 Å². The van der Waals surface area contributed by atoms with Gasteiger partial charge in [-0.15, -0.1) is 0 Å². The Hall–Kier alpha value is -1.29. The fourth-order valence-corrected chi connectivity index (χ4v) is 5.87. The van der Waals surface area contributed by atoms with Crippen LogP contribution in [-0.2, 0) is 14.8 Å². The summed E-state index contributed by atoms with van der Waals surface area (Å²) in [5.74, 6) is -2.05. The lowest BCUT2D eigenvalue weighted by atomic mass is 9.71. The van der Waals surface area contributed by atoms with Gasteiger partial charge in [-0.2, -0.15) is 0 Å². The zero-order valence-corrected chi connectivity index (χ0v) is 19.2. The number of piperidine rings is 1.